The fourth-order valence-electron chi connectivity index (χ4n) is 1.95. The van der Waals surface area contributed by atoms with Crippen molar-refractivity contribution in [1.82, 2.24) is 9.80 Å². The molecule has 1 rings (SSSR count). The predicted molar refractivity (Wildman–Crippen MR) is 65.5 cm³/mol. The zero-order valence-electron chi connectivity index (χ0n) is 12.3. The quantitative estimate of drug-likeness (QED) is 0.684. The average Bonchev–Trinajstić information content (AvgIpc) is 2.42. The lowest BCUT2D eigenvalue weighted by Crippen LogP contribution is -2.50. The van der Waals surface area contributed by atoms with Crippen molar-refractivity contribution >= 4 is 5.91 Å². The molecule has 0 aliphatic carbocycles. The molecule has 1 fully saturated rings. The van der Waals surface area contributed by atoms with Crippen LogP contribution in [0.4, 0.5) is 30.7 Å². The van der Waals surface area contributed by atoms with Crippen LogP contribution in [0.1, 0.15) is 6.42 Å². The Labute approximate surface area is 128 Å². The number of halogens is 7. The fraction of sp³-hybridized carbons (Fsp3) is 0.917. The second-order valence-electron chi connectivity index (χ2n) is 5.26. The van der Waals surface area contributed by atoms with Gasteiger partial charge in [-0.25, -0.2) is 0 Å². The van der Waals surface area contributed by atoms with Crippen molar-refractivity contribution in [3.8, 4) is 0 Å². The standard InChI is InChI=1S/C12H17F7N2O2/c1-20(2-3-21-4-6-23-7-5-21)9(22)10(13,14)8-11(15,16)12(17,18)19/h2-8H2,1H3. The van der Waals surface area contributed by atoms with Crippen molar-refractivity contribution in [3.63, 3.8) is 0 Å². The van der Waals surface area contributed by atoms with Crippen LogP contribution in [-0.2, 0) is 9.53 Å². The van der Waals surface area contributed by atoms with E-state index in [4.69, 9.17) is 4.74 Å². The zero-order valence-corrected chi connectivity index (χ0v) is 12.3. The molecule has 136 valence electrons. The lowest BCUT2D eigenvalue weighted by atomic mass is 10.1. The number of likely N-dealkylation sites (N-methyl/N-ethyl adjacent to an activating group) is 1. The van der Waals surface area contributed by atoms with Crippen molar-refractivity contribution in [2.24, 2.45) is 0 Å². The average molecular weight is 354 g/mol. The number of rotatable bonds is 6. The van der Waals surface area contributed by atoms with Crippen molar-refractivity contribution in [3.05, 3.63) is 0 Å². The van der Waals surface area contributed by atoms with Crippen molar-refractivity contribution < 1.29 is 40.3 Å². The molecule has 0 atom stereocenters. The van der Waals surface area contributed by atoms with Gasteiger partial charge in [-0.2, -0.15) is 30.7 Å². The van der Waals surface area contributed by atoms with E-state index in [1.807, 2.05) is 0 Å². The van der Waals surface area contributed by atoms with Gasteiger partial charge in [0, 0.05) is 33.2 Å². The molecule has 4 nitrogen and oxygen atoms in total. The summed E-state index contributed by atoms with van der Waals surface area (Å²) in [6.07, 6.45) is -9.03. The summed E-state index contributed by atoms with van der Waals surface area (Å²) in [5.41, 5.74) is 0. The van der Waals surface area contributed by atoms with E-state index in [1.54, 1.807) is 4.90 Å². The van der Waals surface area contributed by atoms with Gasteiger partial charge in [-0.1, -0.05) is 0 Å². The van der Waals surface area contributed by atoms with E-state index in [-0.39, 0.29) is 13.1 Å². The minimum absolute atomic E-state index is 0.192. The molecular weight excluding hydrogens is 337 g/mol. The summed E-state index contributed by atoms with van der Waals surface area (Å²) in [7, 11) is 0.933. The summed E-state index contributed by atoms with van der Waals surface area (Å²) in [4.78, 5) is 13.7. The molecule has 1 amide bonds. The van der Waals surface area contributed by atoms with Crippen LogP contribution in [-0.4, -0.2) is 80.2 Å². The number of carbonyl (C=O) groups is 1. The molecule has 11 heteroatoms. The molecule has 0 N–H and O–H groups in total. The first-order valence-corrected chi connectivity index (χ1v) is 6.75. The third kappa shape index (κ3) is 5.48. The molecule has 0 unspecified atom stereocenters. The predicted octanol–water partition coefficient (Wildman–Crippen LogP) is 2.00. The second-order valence-corrected chi connectivity index (χ2v) is 5.26. The first-order valence-electron chi connectivity index (χ1n) is 6.75. The Balaban J connectivity index is 2.58. The molecule has 0 aromatic heterocycles. The van der Waals surface area contributed by atoms with Gasteiger partial charge in [0.1, 0.15) is 0 Å². The molecule has 0 aromatic carbocycles. The maximum atomic E-state index is 13.5. The summed E-state index contributed by atoms with van der Waals surface area (Å²) in [5.74, 6) is -12.5. The van der Waals surface area contributed by atoms with Gasteiger partial charge in [-0.3, -0.25) is 9.69 Å². The summed E-state index contributed by atoms with van der Waals surface area (Å²) in [5, 5.41) is 0. The molecule has 1 aliphatic rings. The number of carbonyl (C=O) groups excluding carboxylic acids is 1. The van der Waals surface area contributed by atoms with Gasteiger partial charge in [0.15, 0.2) is 0 Å². The Bertz CT molecular complexity index is 409. The Hall–Kier alpha value is -1.10. The van der Waals surface area contributed by atoms with Crippen LogP contribution in [0.3, 0.4) is 0 Å². The zero-order chi connectivity index (χ0) is 17.9. The van der Waals surface area contributed by atoms with Gasteiger partial charge in [0.25, 0.3) is 5.91 Å². The van der Waals surface area contributed by atoms with E-state index < -0.39 is 30.3 Å². The van der Waals surface area contributed by atoms with E-state index in [0.29, 0.717) is 31.2 Å². The number of hydrogen-bond acceptors (Lipinski definition) is 3. The molecule has 0 radical (unpaired) electrons. The molecular formula is C12H17F7N2O2. The SMILES string of the molecule is CN(CCN1CCOCC1)C(=O)C(F)(F)CC(F)(F)C(F)(F)F. The summed E-state index contributed by atoms with van der Waals surface area (Å²) in [6, 6.07) is 0. The third-order valence-corrected chi connectivity index (χ3v) is 3.37. The van der Waals surface area contributed by atoms with Crippen LogP contribution in [0.2, 0.25) is 0 Å². The molecule has 23 heavy (non-hydrogen) atoms. The van der Waals surface area contributed by atoms with E-state index in [0.717, 1.165) is 7.05 Å². The molecule has 0 aromatic rings. The largest absolute Gasteiger partial charge is 0.453 e. The molecule has 1 aliphatic heterocycles. The first kappa shape index (κ1) is 19.9. The smallest absolute Gasteiger partial charge is 0.379 e. The van der Waals surface area contributed by atoms with Crippen LogP contribution in [0.15, 0.2) is 0 Å². The highest BCUT2D eigenvalue weighted by atomic mass is 19.4. The van der Waals surface area contributed by atoms with Crippen LogP contribution in [0, 0.1) is 0 Å². The Kier molecular flexibility index (Phi) is 6.25. The summed E-state index contributed by atoms with van der Waals surface area (Å²) < 4.78 is 93.4. The fourth-order valence-corrected chi connectivity index (χ4v) is 1.95. The summed E-state index contributed by atoms with van der Waals surface area (Å²) in [6.45, 7) is 1.88. The second kappa shape index (κ2) is 7.20. The minimum atomic E-state index is -6.14. The third-order valence-electron chi connectivity index (χ3n) is 3.37. The van der Waals surface area contributed by atoms with E-state index >= 15 is 0 Å². The molecule has 0 spiro atoms. The summed E-state index contributed by atoms with van der Waals surface area (Å²) >= 11 is 0. The topological polar surface area (TPSA) is 32.8 Å². The number of ether oxygens (including phenoxy) is 1. The monoisotopic (exact) mass is 354 g/mol. The number of morpholine rings is 1. The van der Waals surface area contributed by atoms with Crippen LogP contribution < -0.4 is 0 Å². The number of nitrogens with zero attached hydrogens (tertiary/aromatic N) is 2. The van der Waals surface area contributed by atoms with Crippen LogP contribution in [0.25, 0.3) is 0 Å². The van der Waals surface area contributed by atoms with Gasteiger partial charge in [0.2, 0.25) is 0 Å². The lowest BCUT2D eigenvalue weighted by molar-refractivity contribution is -0.298. The van der Waals surface area contributed by atoms with Gasteiger partial charge in [-0.15, -0.1) is 0 Å². The van der Waals surface area contributed by atoms with Crippen molar-refractivity contribution in [1.29, 1.82) is 0 Å². The lowest BCUT2D eigenvalue weighted by Gasteiger charge is -2.30. The number of alkyl halides is 7. The number of amides is 1. The molecule has 1 heterocycles. The molecule has 0 saturated carbocycles. The van der Waals surface area contributed by atoms with Crippen molar-refractivity contribution in [2.75, 3.05) is 46.4 Å². The van der Waals surface area contributed by atoms with E-state index in [2.05, 4.69) is 0 Å². The van der Waals surface area contributed by atoms with Crippen LogP contribution >= 0.6 is 0 Å². The highest BCUT2D eigenvalue weighted by Gasteiger charge is 2.63. The number of hydrogen-bond donors (Lipinski definition) is 0. The molecule has 1 saturated heterocycles. The van der Waals surface area contributed by atoms with Crippen molar-refractivity contribution in [2.45, 2.75) is 24.4 Å². The Morgan fingerprint density at radius 1 is 1.09 bits per heavy atom. The highest BCUT2D eigenvalue weighted by Crippen LogP contribution is 2.43. The maximum Gasteiger partial charge on any atom is 0.453 e. The minimum Gasteiger partial charge on any atom is -0.379 e. The first-order chi connectivity index (χ1) is 10.4. The van der Waals surface area contributed by atoms with Gasteiger partial charge >= 0.3 is 18.0 Å². The van der Waals surface area contributed by atoms with Gasteiger partial charge < -0.3 is 9.64 Å². The Morgan fingerprint density at radius 2 is 1.61 bits per heavy atom. The highest BCUT2D eigenvalue weighted by molar-refractivity contribution is 5.83. The van der Waals surface area contributed by atoms with E-state index in [1.165, 1.54) is 0 Å². The van der Waals surface area contributed by atoms with Gasteiger partial charge in [0.05, 0.1) is 19.6 Å². The van der Waals surface area contributed by atoms with Gasteiger partial charge in [-0.05, 0) is 0 Å². The molecule has 0 bridgehead atoms. The van der Waals surface area contributed by atoms with Crippen LogP contribution in [0.5, 0.6) is 0 Å². The Morgan fingerprint density at radius 3 is 2.09 bits per heavy atom. The van der Waals surface area contributed by atoms with E-state index in [9.17, 15) is 35.5 Å². The normalized spacial score (nSPS) is 18.1. The maximum absolute atomic E-state index is 13.5.